The van der Waals surface area contributed by atoms with Crippen molar-refractivity contribution in [2.75, 3.05) is 7.11 Å². The summed E-state index contributed by atoms with van der Waals surface area (Å²) in [6, 6.07) is 8.29. The summed E-state index contributed by atoms with van der Waals surface area (Å²) in [5, 5.41) is 6.57. The largest absolute Gasteiger partial charge is 0.493 e. The molecule has 0 bridgehead atoms. The van der Waals surface area contributed by atoms with E-state index in [1.807, 2.05) is 19.9 Å². The van der Waals surface area contributed by atoms with Crippen LogP contribution < -0.4 is 20.2 Å². The molecular weight excluding hydrogens is 528 g/mol. The van der Waals surface area contributed by atoms with E-state index in [9.17, 15) is 14.0 Å². The summed E-state index contributed by atoms with van der Waals surface area (Å²) in [5.41, 5.74) is 3.00. The maximum Gasteiger partial charge on any atom is 0.262 e. The second-order valence-corrected chi connectivity index (χ2v) is 8.77. The fourth-order valence-corrected chi connectivity index (χ4v) is 3.56. The molecule has 32 heavy (non-hydrogen) atoms. The Balaban J connectivity index is 2.11. The van der Waals surface area contributed by atoms with Gasteiger partial charge in [-0.25, -0.2) is 9.82 Å². The van der Waals surface area contributed by atoms with Crippen molar-refractivity contribution in [2.24, 2.45) is 11.0 Å². The summed E-state index contributed by atoms with van der Waals surface area (Å²) < 4.78 is 25.9. The Bertz CT molecular complexity index is 995. The van der Waals surface area contributed by atoms with Crippen LogP contribution in [0, 0.1) is 15.3 Å². The van der Waals surface area contributed by atoms with Crippen LogP contribution in [0.25, 0.3) is 0 Å². The average Bonchev–Trinajstić information content (AvgIpc) is 2.73. The predicted octanol–water partition coefficient (Wildman–Crippen LogP) is 4.13. The first kappa shape index (κ1) is 25.6. The van der Waals surface area contributed by atoms with E-state index < -0.39 is 23.7 Å². The van der Waals surface area contributed by atoms with Gasteiger partial charge in [0.1, 0.15) is 11.9 Å². The van der Waals surface area contributed by atoms with Crippen LogP contribution in [0.5, 0.6) is 11.5 Å². The number of nitrogens with one attached hydrogen (secondary N) is 2. The second-order valence-electron chi connectivity index (χ2n) is 7.61. The van der Waals surface area contributed by atoms with Crippen LogP contribution in [-0.2, 0) is 4.79 Å². The lowest BCUT2D eigenvalue weighted by molar-refractivity contribution is -0.123. The Morgan fingerprint density at radius 3 is 2.44 bits per heavy atom. The molecule has 0 aliphatic heterocycles. The minimum Gasteiger partial charge on any atom is -0.493 e. The molecule has 2 N–H and O–H groups in total. The van der Waals surface area contributed by atoms with Crippen LogP contribution in [-0.4, -0.2) is 37.3 Å². The highest BCUT2D eigenvalue weighted by Gasteiger charge is 2.25. The molecule has 2 amide bonds. The van der Waals surface area contributed by atoms with Gasteiger partial charge in [-0.15, -0.1) is 0 Å². The third-order valence-corrected chi connectivity index (χ3v) is 5.15. The molecule has 0 radical (unpaired) electrons. The molecule has 2 aromatic rings. The molecule has 0 saturated carbocycles. The van der Waals surface area contributed by atoms with Gasteiger partial charge in [-0.2, -0.15) is 5.10 Å². The van der Waals surface area contributed by atoms with Crippen molar-refractivity contribution < 1.29 is 23.5 Å². The van der Waals surface area contributed by atoms with Gasteiger partial charge in [0.15, 0.2) is 11.5 Å². The summed E-state index contributed by atoms with van der Waals surface area (Å²) in [4.78, 5) is 25.0. The fraction of sp³-hybridized carbons (Fsp3) is 0.348. The molecule has 0 fully saturated rings. The standard InChI is InChI=1S/C23H27FIN3O4/c1-13(2)20(27-22(29)16-8-6-7-9-17(16)24)23(30)28-26-12-15-10-18(25)21(32-14(3)4)19(11-15)31-5/h6-14,20H,1-5H3,(H,27,29)(H,28,30). The van der Waals surface area contributed by atoms with Crippen molar-refractivity contribution in [1.29, 1.82) is 0 Å². The number of carbonyl (C=O) groups excluding carboxylic acids is 2. The molecule has 0 aliphatic carbocycles. The summed E-state index contributed by atoms with van der Waals surface area (Å²) in [6.45, 7) is 7.40. The quantitative estimate of drug-likeness (QED) is 0.277. The Morgan fingerprint density at radius 1 is 1.16 bits per heavy atom. The number of carbonyl (C=O) groups is 2. The molecular formula is C23H27FIN3O4. The Kier molecular flexibility index (Phi) is 9.42. The summed E-state index contributed by atoms with van der Waals surface area (Å²) >= 11 is 2.14. The van der Waals surface area contributed by atoms with Crippen LogP contribution >= 0.6 is 22.6 Å². The van der Waals surface area contributed by atoms with Crippen LogP contribution in [0.4, 0.5) is 4.39 Å². The zero-order chi connectivity index (χ0) is 23.8. The number of benzene rings is 2. The van der Waals surface area contributed by atoms with Gasteiger partial charge in [0, 0.05) is 0 Å². The molecule has 2 aromatic carbocycles. The van der Waals surface area contributed by atoms with Gasteiger partial charge in [0.05, 0.1) is 28.6 Å². The zero-order valence-corrected chi connectivity index (χ0v) is 20.8. The number of hydrogen-bond acceptors (Lipinski definition) is 5. The molecule has 0 aromatic heterocycles. The van der Waals surface area contributed by atoms with Crippen molar-refractivity contribution in [1.82, 2.24) is 10.7 Å². The third kappa shape index (κ3) is 6.91. The van der Waals surface area contributed by atoms with E-state index in [0.717, 1.165) is 3.57 Å². The van der Waals surface area contributed by atoms with Gasteiger partial charge < -0.3 is 14.8 Å². The summed E-state index contributed by atoms with van der Waals surface area (Å²) in [6.07, 6.45) is 1.46. The number of nitrogens with zero attached hydrogens (tertiary/aromatic N) is 1. The molecule has 172 valence electrons. The fourth-order valence-electron chi connectivity index (χ4n) is 2.80. The molecule has 0 heterocycles. The lowest BCUT2D eigenvalue weighted by Gasteiger charge is -2.20. The predicted molar refractivity (Wildman–Crippen MR) is 130 cm³/mol. The van der Waals surface area contributed by atoms with E-state index in [1.54, 1.807) is 33.1 Å². The number of rotatable bonds is 9. The lowest BCUT2D eigenvalue weighted by atomic mass is 10.0. The monoisotopic (exact) mass is 555 g/mol. The van der Waals surface area contributed by atoms with Gasteiger partial charge in [-0.1, -0.05) is 26.0 Å². The highest BCUT2D eigenvalue weighted by molar-refractivity contribution is 14.1. The first-order valence-electron chi connectivity index (χ1n) is 10.1. The van der Waals surface area contributed by atoms with Crippen LogP contribution in [0.2, 0.25) is 0 Å². The summed E-state index contributed by atoms with van der Waals surface area (Å²) in [5.74, 6) is -0.882. The van der Waals surface area contributed by atoms with Gasteiger partial charge in [-0.05, 0) is 72.2 Å². The Morgan fingerprint density at radius 2 is 1.84 bits per heavy atom. The smallest absolute Gasteiger partial charge is 0.262 e. The number of hydrogen-bond donors (Lipinski definition) is 2. The minimum absolute atomic E-state index is 0.0104. The van der Waals surface area contributed by atoms with E-state index in [2.05, 4.69) is 38.4 Å². The maximum absolute atomic E-state index is 13.9. The number of methoxy groups -OCH3 is 1. The number of hydrazone groups is 1. The normalized spacial score (nSPS) is 12.2. The molecule has 0 spiro atoms. The van der Waals surface area contributed by atoms with Crippen molar-refractivity contribution in [2.45, 2.75) is 39.8 Å². The molecule has 7 nitrogen and oxygen atoms in total. The molecule has 9 heteroatoms. The van der Waals surface area contributed by atoms with Crippen molar-refractivity contribution in [3.63, 3.8) is 0 Å². The van der Waals surface area contributed by atoms with Crippen LogP contribution in [0.1, 0.15) is 43.6 Å². The number of halogens is 2. The number of ether oxygens (including phenoxy) is 2. The molecule has 1 unspecified atom stereocenters. The van der Waals surface area contributed by atoms with E-state index in [4.69, 9.17) is 9.47 Å². The molecule has 2 rings (SSSR count). The van der Waals surface area contributed by atoms with Crippen molar-refractivity contribution >= 4 is 40.6 Å². The minimum atomic E-state index is -0.893. The van der Waals surface area contributed by atoms with Crippen LogP contribution in [0.15, 0.2) is 41.5 Å². The zero-order valence-electron chi connectivity index (χ0n) is 18.6. The van der Waals surface area contributed by atoms with Gasteiger partial charge in [0.2, 0.25) is 0 Å². The first-order chi connectivity index (χ1) is 15.1. The first-order valence-corrected chi connectivity index (χ1v) is 11.1. The lowest BCUT2D eigenvalue weighted by Crippen LogP contribution is -2.48. The average molecular weight is 555 g/mol. The van der Waals surface area contributed by atoms with Crippen molar-refractivity contribution in [3.8, 4) is 11.5 Å². The van der Waals surface area contributed by atoms with Crippen molar-refractivity contribution in [3.05, 3.63) is 56.9 Å². The topological polar surface area (TPSA) is 89.0 Å². The highest BCUT2D eigenvalue weighted by atomic mass is 127. The summed E-state index contributed by atoms with van der Waals surface area (Å²) in [7, 11) is 1.55. The van der Waals surface area contributed by atoms with E-state index >= 15 is 0 Å². The highest BCUT2D eigenvalue weighted by Crippen LogP contribution is 2.34. The second kappa shape index (κ2) is 11.8. The SMILES string of the molecule is COc1cc(C=NNC(=O)C(NC(=O)c2ccccc2F)C(C)C)cc(I)c1OC(C)C. The van der Waals surface area contributed by atoms with Crippen LogP contribution in [0.3, 0.4) is 0 Å². The maximum atomic E-state index is 13.9. The van der Waals surface area contributed by atoms with E-state index in [-0.39, 0.29) is 17.6 Å². The van der Waals surface area contributed by atoms with Gasteiger partial charge in [0.25, 0.3) is 11.8 Å². The Labute approximate surface area is 200 Å². The Hall–Kier alpha value is -2.69. The molecule has 0 saturated heterocycles. The third-order valence-electron chi connectivity index (χ3n) is 4.35. The number of amides is 2. The van der Waals surface area contributed by atoms with E-state index in [1.165, 1.54) is 24.4 Å². The molecule has 1 atom stereocenters. The van der Waals surface area contributed by atoms with Gasteiger partial charge >= 0.3 is 0 Å². The van der Waals surface area contributed by atoms with E-state index in [0.29, 0.717) is 17.1 Å². The van der Waals surface area contributed by atoms with Gasteiger partial charge in [-0.3, -0.25) is 9.59 Å². The molecule has 0 aliphatic rings.